The largest absolute Gasteiger partial charge is 0.467 e. The molecule has 5 aromatic rings. The standard InChI is InChI=1S/C25H20N4O3/c1-17-16-29(25(30)27-22(17)26-15-20-13-8-14-31-20)23-21(18-9-4-2-5-10-18)32-24(28-23)19-11-6-3-7-12-19/h2-14,16H,15H2,1H3,(H,26,27,30). The molecule has 7 nitrogen and oxygen atoms in total. The van der Waals surface area contributed by atoms with E-state index in [2.05, 4.69) is 15.3 Å². The SMILES string of the molecule is Cc1cn(-c2nc(-c3ccccc3)oc2-c2ccccc2)c(=O)nc1NCc1ccco1. The number of aromatic nitrogens is 3. The normalized spacial score (nSPS) is 10.9. The van der Waals surface area contributed by atoms with Crippen molar-refractivity contribution in [3.8, 4) is 28.6 Å². The van der Waals surface area contributed by atoms with Crippen LogP contribution in [0.25, 0.3) is 28.6 Å². The third-order valence-corrected chi connectivity index (χ3v) is 5.01. The number of nitrogens with zero attached hydrogens (tertiary/aromatic N) is 3. The molecular formula is C25H20N4O3. The molecule has 0 radical (unpaired) electrons. The van der Waals surface area contributed by atoms with Crippen LogP contribution in [0, 0.1) is 6.92 Å². The number of oxazole rings is 1. The van der Waals surface area contributed by atoms with Crippen molar-refractivity contribution < 1.29 is 8.83 Å². The molecule has 0 unspecified atom stereocenters. The van der Waals surface area contributed by atoms with Gasteiger partial charge in [-0.15, -0.1) is 0 Å². The van der Waals surface area contributed by atoms with Gasteiger partial charge in [0, 0.05) is 22.9 Å². The molecule has 3 heterocycles. The second-order valence-electron chi connectivity index (χ2n) is 7.26. The molecule has 0 saturated carbocycles. The summed E-state index contributed by atoms with van der Waals surface area (Å²) in [4.78, 5) is 21.9. The maximum atomic E-state index is 13.0. The van der Waals surface area contributed by atoms with Gasteiger partial charge >= 0.3 is 5.69 Å². The van der Waals surface area contributed by atoms with E-state index < -0.39 is 5.69 Å². The van der Waals surface area contributed by atoms with Crippen LogP contribution in [0.3, 0.4) is 0 Å². The smallest absolute Gasteiger partial charge is 0.355 e. The van der Waals surface area contributed by atoms with Crippen LogP contribution in [0.2, 0.25) is 0 Å². The molecule has 2 aromatic carbocycles. The van der Waals surface area contributed by atoms with Gasteiger partial charge in [0.15, 0.2) is 11.6 Å². The minimum atomic E-state index is -0.456. The molecule has 3 aromatic heterocycles. The van der Waals surface area contributed by atoms with E-state index in [-0.39, 0.29) is 0 Å². The summed E-state index contributed by atoms with van der Waals surface area (Å²) in [5.41, 5.74) is 1.98. The van der Waals surface area contributed by atoms with Crippen LogP contribution in [0.1, 0.15) is 11.3 Å². The van der Waals surface area contributed by atoms with Gasteiger partial charge in [0.2, 0.25) is 5.89 Å². The van der Waals surface area contributed by atoms with Gasteiger partial charge in [0.25, 0.3) is 0 Å². The van der Waals surface area contributed by atoms with Crippen molar-refractivity contribution in [3.05, 3.63) is 107 Å². The fourth-order valence-electron chi connectivity index (χ4n) is 3.42. The Morgan fingerprint density at radius 1 is 0.906 bits per heavy atom. The Kier molecular flexibility index (Phi) is 5.13. The molecule has 0 fully saturated rings. The highest BCUT2D eigenvalue weighted by Gasteiger charge is 2.20. The molecule has 0 aliphatic heterocycles. The van der Waals surface area contributed by atoms with E-state index in [4.69, 9.17) is 8.83 Å². The van der Waals surface area contributed by atoms with Crippen molar-refractivity contribution in [2.75, 3.05) is 5.32 Å². The summed E-state index contributed by atoms with van der Waals surface area (Å²) in [5, 5.41) is 3.15. The van der Waals surface area contributed by atoms with Crippen LogP contribution < -0.4 is 11.0 Å². The molecule has 158 valence electrons. The van der Waals surface area contributed by atoms with Gasteiger partial charge in [-0.2, -0.15) is 9.97 Å². The average Bonchev–Trinajstić information content (AvgIpc) is 3.51. The lowest BCUT2D eigenvalue weighted by Crippen LogP contribution is -2.24. The summed E-state index contributed by atoms with van der Waals surface area (Å²) in [7, 11) is 0. The summed E-state index contributed by atoms with van der Waals surface area (Å²) in [5.74, 6) is 2.59. The number of anilines is 1. The first-order valence-electron chi connectivity index (χ1n) is 10.2. The van der Waals surface area contributed by atoms with Gasteiger partial charge in [-0.1, -0.05) is 48.5 Å². The Bertz CT molecular complexity index is 1390. The van der Waals surface area contributed by atoms with E-state index in [1.54, 1.807) is 12.5 Å². The maximum absolute atomic E-state index is 13.0. The molecule has 1 N–H and O–H groups in total. The van der Waals surface area contributed by atoms with Crippen LogP contribution >= 0.6 is 0 Å². The Balaban J connectivity index is 1.58. The lowest BCUT2D eigenvalue weighted by Gasteiger charge is -2.10. The van der Waals surface area contributed by atoms with Gasteiger partial charge in [-0.3, -0.25) is 0 Å². The van der Waals surface area contributed by atoms with Crippen molar-refractivity contribution in [2.45, 2.75) is 13.5 Å². The van der Waals surface area contributed by atoms with Crippen molar-refractivity contribution in [1.29, 1.82) is 0 Å². The maximum Gasteiger partial charge on any atom is 0.355 e. The summed E-state index contributed by atoms with van der Waals surface area (Å²) in [6.45, 7) is 2.31. The fraction of sp³-hybridized carbons (Fsp3) is 0.0800. The Morgan fingerprint density at radius 3 is 2.31 bits per heavy atom. The van der Waals surface area contributed by atoms with Gasteiger partial charge in [0.05, 0.1) is 12.8 Å². The highest BCUT2D eigenvalue weighted by molar-refractivity contribution is 5.69. The summed E-state index contributed by atoms with van der Waals surface area (Å²) in [6, 6.07) is 22.9. The van der Waals surface area contributed by atoms with E-state index in [9.17, 15) is 4.79 Å². The van der Waals surface area contributed by atoms with Crippen LogP contribution in [0.15, 0.2) is 98.9 Å². The predicted octanol–water partition coefficient (Wildman–Crippen LogP) is 5.07. The Hall–Kier alpha value is -4.39. The van der Waals surface area contributed by atoms with E-state index in [0.29, 0.717) is 29.8 Å². The molecule has 5 rings (SSSR count). The molecule has 7 heteroatoms. The van der Waals surface area contributed by atoms with Crippen LogP contribution in [0.5, 0.6) is 0 Å². The van der Waals surface area contributed by atoms with E-state index in [0.717, 1.165) is 22.5 Å². The molecular weight excluding hydrogens is 404 g/mol. The van der Waals surface area contributed by atoms with Crippen LogP contribution in [-0.2, 0) is 6.54 Å². The number of hydrogen-bond donors (Lipinski definition) is 1. The number of furan rings is 1. The second-order valence-corrected chi connectivity index (χ2v) is 7.26. The van der Waals surface area contributed by atoms with Crippen LogP contribution in [0.4, 0.5) is 5.82 Å². The Labute approximate surface area is 184 Å². The molecule has 0 saturated heterocycles. The van der Waals surface area contributed by atoms with Crippen molar-refractivity contribution >= 4 is 5.82 Å². The number of nitrogens with one attached hydrogen (secondary N) is 1. The predicted molar refractivity (Wildman–Crippen MR) is 122 cm³/mol. The first-order chi connectivity index (χ1) is 15.7. The van der Waals surface area contributed by atoms with Crippen molar-refractivity contribution in [3.63, 3.8) is 0 Å². The lowest BCUT2D eigenvalue weighted by molar-refractivity contribution is 0.517. The van der Waals surface area contributed by atoms with Gasteiger partial charge in [-0.25, -0.2) is 9.36 Å². The number of hydrogen-bond acceptors (Lipinski definition) is 6. The number of rotatable bonds is 6. The minimum absolute atomic E-state index is 0.397. The summed E-state index contributed by atoms with van der Waals surface area (Å²) >= 11 is 0. The molecule has 0 aliphatic rings. The minimum Gasteiger partial charge on any atom is -0.467 e. The monoisotopic (exact) mass is 424 g/mol. The Morgan fingerprint density at radius 2 is 1.62 bits per heavy atom. The zero-order valence-corrected chi connectivity index (χ0v) is 17.4. The van der Waals surface area contributed by atoms with E-state index in [1.165, 1.54) is 4.57 Å². The lowest BCUT2D eigenvalue weighted by atomic mass is 10.2. The molecule has 0 aliphatic carbocycles. The molecule has 32 heavy (non-hydrogen) atoms. The first kappa shape index (κ1) is 19.6. The first-order valence-corrected chi connectivity index (χ1v) is 10.2. The fourth-order valence-corrected chi connectivity index (χ4v) is 3.42. The second kappa shape index (κ2) is 8.39. The molecule has 0 atom stereocenters. The van der Waals surface area contributed by atoms with Crippen molar-refractivity contribution in [1.82, 2.24) is 14.5 Å². The van der Waals surface area contributed by atoms with Gasteiger partial charge in [-0.05, 0) is 31.2 Å². The van der Waals surface area contributed by atoms with Gasteiger partial charge < -0.3 is 14.2 Å². The zero-order chi connectivity index (χ0) is 21.9. The number of benzene rings is 2. The highest BCUT2D eigenvalue weighted by atomic mass is 16.4. The quantitative estimate of drug-likeness (QED) is 0.410. The third kappa shape index (κ3) is 3.83. The molecule has 0 bridgehead atoms. The zero-order valence-electron chi connectivity index (χ0n) is 17.4. The topological polar surface area (TPSA) is 86.1 Å². The summed E-state index contributed by atoms with van der Waals surface area (Å²) in [6.07, 6.45) is 3.33. The van der Waals surface area contributed by atoms with Gasteiger partial charge in [0.1, 0.15) is 11.6 Å². The van der Waals surface area contributed by atoms with E-state index >= 15 is 0 Å². The highest BCUT2D eigenvalue weighted by Crippen LogP contribution is 2.31. The molecule has 0 spiro atoms. The van der Waals surface area contributed by atoms with Crippen molar-refractivity contribution in [2.24, 2.45) is 0 Å². The van der Waals surface area contributed by atoms with E-state index in [1.807, 2.05) is 79.7 Å². The third-order valence-electron chi connectivity index (χ3n) is 5.01. The average molecular weight is 424 g/mol. The molecule has 0 amide bonds. The number of aryl methyl sites for hydroxylation is 1. The summed E-state index contributed by atoms with van der Waals surface area (Å²) < 4.78 is 12.9. The van der Waals surface area contributed by atoms with Crippen LogP contribution in [-0.4, -0.2) is 14.5 Å².